The van der Waals surface area contributed by atoms with Gasteiger partial charge in [-0.05, 0) is 24.5 Å². The molecule has 0 aliphatic carbocycles. The highest BCUT2D eigenvalue weighted by atomic mass is 32.2. The number of aliphatic hydroxyl groups is 1. The van der Waals surface area contributed by atoms with Crippen LogP contribution in [0.1, 0.15) is 5.56 Å². The predicted octanol–water partition coefficient (Wildman–Crippen LogP) is 3.09. The second-order valence-electron chi connectivity index (χ2n) is 3.39. The molecule has 17 heavy (non-hydrogen) atoms. The molecule has 2 aromatic rings. The summed E-state index contributed by atoms with van der Waals surface area (Å²) in [6, 6.07) is 9.56. The van der Waals surface area contributed by atoms with Gasteiger partial charge in [0.1, 0.15) is 11.5 Å². The number of aliphatic hydroxyl groups excluding tert-OH is 1. The number of rotatable bonds is 4. The van der Waals surface area contributed by atoms with E-state index >= 15 is 0 Å². The maximum absolute atomic E-state index is 9.20. The van der Waals surface area contributed by atoms with E-state index in [-0.39, 0.29) is 6.61 Å². The van der Waals surface area contributed by atoms with Crippen molar-refractivity contribution in [2.45, 2.75) is 11.5 Å². The zero-order chi connectivity index (χ0) is 12.1. The van der Waals surface area contributed by atoms with E-state index in [1.54, 1.807) is 30.2 Å². The van der Waals surface area contributed by atoms with Crippen molar-refractivity contribution in [3.63, 3.8) is 0 Å². The van der Waals surface area contributed by atoms with Crippen LogP contribution in [0.2, 0.25) is 0 Å². The highest BCUT2D eigenvalue weighted by Gasteiger charge is 2.06. The van der Waals surface area contributed by atoms with E-state index in [1.165, 1.54) is 0 Å². The van der Waals surface area contributed by atoms with Gasteiger partial charge in [0.25, 0.3) is 0 Å². The van der Waals surface area contributed by atoms with E-state index in [9.17, 15) is 5.11 Å². The molecule has 0 radical (unpaired) electrons. The molecule has 1 aromatic heterocycles. The molecule has 1 aromatic carbocycles. The van der Waals surface area contributed by atoms with E-state index in [0.29, 0.717) is 11.3 Å². The van der Waals surface area contributed by atoms with E-state index in [4.69, 9.17) is 4.74 Å². The SMILES string of the molecule is CSc1ccccc1Oc1ccncc1CO. The van der Waals surface area contributed by atoms with Crippen molar-refractivity contribution in [2.24, 2.45) is 0 Å². The summed E-state index contributed by atoms with van der Waals surface area (Å²) in [7, 11) is 0. The Morgan fingerprint density at radius 1 is 1.24 bits per heavy atom. The minimum atomic E-state index is -0.0788. The Morgan fingerprint density at radius 2 is 2.06 bits per heavy atom. The van der Waals surface area contributed by atoms with E-state index < -0.39 is 0 Å². The zero-order valence-corrected chi connectivity index (χ0v) is 10.3. The summed E-state index contributed by atoms with van der Waals surface area (Å²) >= 11 is 1.62. The second-order valence-corrected chi connectivity index (χ2v) is 4.24. The summed E-state index contributed by atoms with van der Waals surface area (Å²) in [6.07, 6.45) is 5.26. The Hall–Kier alpha value is -1.52. The molecule has 0 fully saturated rings. The Labute approximate surface area is 104 Å². The third-order valence-corrected chi connectivity index (χ3v) is 3.10. The Balaban J connectivity index is 2.31. The lowest BCUT2D eigenvalue weighted by Crippen LogP contribution is -1.93. The average Bonchev–Trinajstić information content (AvgIpc) is 2.40. The maximum atomic E-state index is 9.20. The predicted molar refractivity (Wildman–Crippen MR) is 68.5 cm³/mol. The summed E-state index contributed by atoms with van der Waals surface area (Å²) in [5.74, 6) is 1.44. The summed E-state index contributed by atoms with van der Waals surface area (Å²) in [5.41, 5.74) is 0.684. The Morgan fingerprint density at radius 3 is 2.82 bits per heavy atom. The van der Waals surface area contributed by atoms with Gasteiger partial charge < -0.3 is 9.84 Å². The molecule has 0 unspecified atom stereocenters. The molecule has 0 saturated heterocycles. The van der Waals surface area contributed by atoms with Crippen LogP contribution >= 0.6 is 11.8 Å². The molecule has 0 aliphatic rings. The number of thioether (sulfide) groups is 1. The normalized spacial score (nSPS) is 10.2. The minimum absolute atomic E-state index is 0.0788. The van der Waals surface area contributed by atoms with E-state index in [0.717, 1.165) is 10.6 Å². The maximum Gasteiger partial charge on any atom is 0.140 e. The fourth-order valence-corrected chi connectivity index (χ4v) is 1.98. The molecule has 4 heteroatoms. The topological polar surface area (TPSA) is 42.4 Å². The van der Waals surface area contributed by atoms with Crippen molar-refractivity contribution < 1.29 is 9.84 Å². The Bertz CT molecular complexity index is 457. The number of nitrogens with zero attached hydrogens (tertiary/aromatic N) is 1. The Kier molecular flexibility index (Phi) is 4.01. The number of para-hydroxylation sites is 1. The molecule has 2 rings (SSSR count). The number of aromatic nitrogens is 1. The molecule has 1 N–H and O–H groups in total. The largest absolute Gasteiger partial charge is 0.456 e. The third-order valence-electron chi connectivity index (χ3n) is 2.32. The fourth-order valence-electron chi connectivity index (χ4n) is 1.45. The van der Waals surface area contributed by atoms with Crippen LogP contribution in [0.3, 0.4) is 0 Å². The van der Waals surface area contributed by atoms with Crippen molar-refractivity contribution in [3.05, 3.63) is 48.3 Å². The first-order chi connectivity index (χ1) is 8.35. The van der Waals surface area contributed by atoms with Gasteiger partial charge in [-0.25, -0.2) is 0 Å². The van der Waals surface area contributed by atoms with Crippen LogP contribution in [0.5, 0.6) is 11.5 Å². The highest BCUT2D eigenvalue weighted by molar-refractivity contribution is 7.98. The lowest BCUT2D eigenvalue weighted by atomic mass is 10.2. The van der Waals surface area contributed by atoms with Gasteiger partial charge in [0.05, 0.1) is 6.61 Å². The van der Waals surface area contributed by atoms with Gasteiger partial charge in [0.15, 0.2) is 0 Å². The molecule has 0 spiro atoms. The van der Waals surface area contributed by atoms with Crippen molar-refractivity contribution in [1.29, 1.82) is 0 Å². The zero-order valence-electron chi connectivity index (χ0n) is 9.46. The fraction of sp³-hybridized carbons (Fsp3) is 0.154. The molecule has 0 bridgehead atoms. The molecular formula is C13H13NO2S. The van der Waals surface area contributed by atoms with Crippen LogP contribution in [0.15, 0.2) is 47.6 Å². The van der Waals surface area contributed by atoms with Gasteiger partial charge in [-0.2, -0.15) is 0 Å². The lowest BCUT2D eigenvalue weighted by Gasteiger charge is -2.11. The second kappa shape index (κ2) is 5.70. The number of benzene rings is 1. The van der Waals surface area contributed by atoms with Crippen molar-refractivity contribution in [2.75, 3.05) is 6.26 Å². The first-order valence-corrected chi connectivity index (χ1v) is 6.42. The number of hydrogen-bond acceptors (Lipinski definition) is 4. The number of hydrogen-bond donors (Lipinski definition) is 1. The first-order valence-electron chi connectivity index (χ1n) is 5.19. The summed E-state index contributed by atoms with van der Waals surface area (Å²) in [6.45, 7) is -0.0788. The van der Waals surface area contributed by atoms with Gasteiger partial charge in [-0.3, -0.25) is 4.98 Å². The van der Waals surface area contributed by atoms with Crippen LogP contribution in [0.4, 0.5) is 0 Å². The number of ether oxygens (including phenoxy) is 1. The van der Waals surface area contributed by atoms with Gasteiger partial charge in [-0.15, -0.1) is 11.8 Å². The van der Waals surface area contributed by atoms with Gasteiger partial charge >= 0.3 is 0 Å². The van der Waals surface area contributed by atoms with Crippen LogP contribution < -0.4 is 4.74 Å². The molecule has 0 atom stereocenters. The molecule has 1 heterocycles. The average molecular weight is 247 g/mol. The first kappa shape index (κ1) is 12.0. The van der Waals surface area contributed by atoms with Crippen molar-refractivity contribution >= 4 is 11.8 Å². The van der Waals surface area contributed by atoms with Crippen LogP contribution in [0, 0.1) is 0 Å². The van der Waals surface area contributed by atoms with Crippen molar-refractivity contribution in [3.8, 4) is 11.5 Å². The van der Waals surface area contributed by atoms with Gasteiger partial charge in [-0.1, -0.05) is 12.1 Å². The third kappa shape index (κ3) is 2.78. The molecule has 0 amide bonds. The summed E-state index contributed by atoms with van der Waals surface area (Å²) in [4.78, 5) is 5.02. The number of pyridine rings is 1. The molecule has 3 nitrogen and oxygen atoms in total. The minimum Gasteiger partial charge on any atom is -0.456 e. The van der Waals surface area contributed by atoms with Crippen LogP contribution in [-0.4, -0.2) is 16.3 Å². The lowest BCUT2D eigenvalue weighted by molar-refractivity contribution is 0.275. The van der Waals surface area contributed by atoms with Crippen LogP contribution in [-0.2, 0) is 6.61 Å². The van der Waals surface area contributed by atoms with Gasteiger partial charge in [0.2, 0.25) is 0 Å². The highest BCUT2D eigenvalue weighted by Crippen LogP contribution is 2.32. The molecule has 0 aliphatic heterocycles. The molecule has 0 saturated carbocycles. The standard InChI is InChI=1S/C13H13NO2S/c1-17-13-5-3-2-4-12(13)16-11-6-7-14-8-10(11)9-15/h2-8,15H,9H2,1H3. The smallest absolute Gasteiger partial charge is 0.140 e. The van der Waals surface area contributed by atoms with Gasteiger partial charge in [0, 0.05) is 22.9 Å². The summed E-state index contributed by atoms with van der Waals surface area (Å²) < 4.78 is 5.80. The summed E-state index contributed by atoms with van der Waals surface area (Å²) in [5, 5.41) is 9.20. The molecular weight excluding hydrogens is 234 g/mol. The monoisotopic (exact) mass is 247 g/mol. The van der Waals surface area contributed by atoms with E-state index in [2.05, 4.69) is 4.98 Å². The van der Waals surface area contributed by atoms with E-state index in [1.807, 2.05) is 30.5 Å². The van der Waals surface area contributed by atoms with Crippen LogP contribution in [0.25, 0.3) is 0 Å². The molecule has 88 valence electrons. The van der Waals surface area contributed by atoms with Crippen molar-refractivity contribution in [1.82, 2.24) is 4.98 Å². The quantitative estimate of drug-likeness (QED) is 0.843.